The molecular formula is C13H12N2O4S. The molecule has 7 heteroatoms. The Labute approximate surface area is 119 Å². The van der Waals surface area contributed by atoms with Gasteiger partial charge in [-0.1, -0.05) is 0 Å². The fourth-order valence-corrected chi connectivity index (χ4v) is 2.50. The summed E-state index contributed by atoms with van der Waals surface area (Å²) in [5, 5.41) is 23.8. The Hall–Kier alpha value is -2.41. The van der Waals surface area contributed by atoms with Gasteiger partial charge in [-0.05, 0) is 34.5 Å². The second-order valence-electron chi connectivity index (χ2n) is 4.25. The van der Waals surface area contributed by atoms with Crippen LogP contribution in [0.15, 0.2) is 35.0 Å². The minimum absolute atomic E-state index is 0.303. The molecule has 0 radical (unpaired) electrons. The minimum Gasteiger partial charge on any atom is -0.477 e. The van der Waals surface area contributed by atoms with Crippen LogP contribution in [0.5, 0.6) is 0 Å². The van der Waals surface area contributed by atoms with Gasteiger partial charge in [-0.15, -0.1) is 0 Å². The van der Waals surface area contributed by atoms with Crippen molar-refractivity contribution >= 4 is 28.7 Å². The lowest BCUT2D eigenvalue weighted by atomic mass is 10.1. The normalized spacial score (nSPS) is 10.2. The van der Waals surface area contributed by atoms with Gasteiger partial charge in [0.15, 0.2) is 0 Å². The number of hydrogen-bond donors (Lipinski definition) is 1. The van der Waals surface area contributed by atoms with Crippen molar-refractivity contribution in [1.29, 1.82) is 0 Å². The lowest BCUT2D eigenvalue weighted by Crippen LogP contribution is -2.16. The summed E-state index contributed by atoms with van der Waals surface area (Å²) in [6, 6.07) is 6.10. The zero-order valence-electron chi connectivity index (χ0n) is 10.6. The van der Waals surface area contributed by atoms with Crippen LogP contribution in [0, 0.1) is 10.1 Å². The molecule has 0 bridgehead atoms. The Balaban J connectivity index is 2.31. The molecule has 1 N–H and O–H groups in total. The van der Waals surface area contributed by atoms with Gasteiger partial charge in [0, 0.05) is 25.3 Å². The van der Waals surface area contributed by atoms with Crippen molar-refractivity contribution in [1.82, 2.24) is 0 Å². The first-order valence-corrected chi connectivity index (χ1v) is 6.67. The van der Waals surface area contributed by atoms with Crippen LogP contribution in [-0.4, -0.2) is 23.0 Å². The highest BCUT2D eigenvalue weighted by molar-refractivity contribution is 7.07. The Morgan fingerprint density at radius 1 is 1.45 bits per heavy atom. The third-order valence-corrected chi connectivity index (χ3v) is 3.58. The van der Waals surface area contributed by atoms with E-state index in [1.807, 2.05) is 21.7 Å². The van der Waals surface area contributed by atoms with Gasteiger partial charge in [-0.3, -0.25) is 10.1 Å². The van der Waals surface area contributed by atoms with E-state index in [0.29, 0.717) is 12.2 Å². The summed E-state index contributed by atoms with van der Waals surface area (Å²) in [5.41, 5.74) is 1.00. The van der Waals surface area contributed by atoms with E-state index in [-0.39, 0.29) is 5.56 Å². The van der Waals surface area contributed by atoms with Crippen molar-refractivity contribution in [3.63, 3.8) is 0 Å². The fraction of sp³-hybridized carbons (Fsp3) is 0.154. The highest BCUT2D eigenvalue weighted by Gasteiger charge is 2.21. The molecule has 0 saturated heterocycles. The monoisotopic (exact) mass is 292 g/mol. The van der Waals surface area contributed by atoms with Crippen molar-refractivity contribution in [3.05, 3.63) is 56.3 Å². The molecule has 6 nitrogen and oxygen atoms in total. The largest absolute Gasteiger partial charge is 0.477 e. The van der Waals surface area contributed by atoms with Crippen molar-refractivity contribution in [2.24, 2.45) is 0 Å². The van der Waals surface area contributed by atoms with Crippen LogP contribution in [-0.2, 0) is 6.54 Å². The maximum absolute atomic E-state index is 10.9. The van der Waals surface area contributed by atoms with Gasteiger partial charge in [0.25, 0.3) is 5.69 Å². The predicted molar refractivity (Wildman–Crippen MR) is 76.5 cm³/mol. The number of benzene rings is 1. The van der Waals surface area contributed by atoms with E-state index in [4.69, 9.17) is 5.11 Å². The number of carboxylic acid groups (broad SMARTS) is 1. The molecule has 1 heterocycles. The van der Waals surface area contributed by atoms with Crippen LogP contribution in [0.2, 0.25) is 0 Å². The Morgan fingerprint density at radius 3 is 2.75 bits per heavy atom. The zero-order chi connectivity index (χ0) is 14.7. The topological polar surface area (TPSA) is 83.7 Å². The molecule has 0 amide bonds. The van der Waals surface area contributed by atoms with Gasteiger partial charge in [0.2, 0.25) is 0 Å². The number of carbonyl (C=O) groups is 1. The van der Waals surface area contributed by atoms with Crippen molar-refractivity contribution in [2.75, 3.05) is 11.9 Å². The fourth-order valence-electron chi connectivity index (χ4n) is 1.84. The van der Waals surface area contributed by atoms with E-state index in [1.165, 1.54) is 12.1 Å². The number of nitrogens with zero attached hydrogens (tertiary/aromatic N) is 2. The zero-order valence-corrected chi connectivity index (χ0v) is 11.5. The van der Waals surface area contributed by atoms with Gasteiger partial charge < -0.3 is 10.0 Å². The molecule has 2 aromatic rings. The Morgan fingerprint density at radius 2 is 2.20 bits per heavy atom. The molecule has 104 valence electrons. The highest BCUT2D eigenvalue weighted by atomic mass is 32.1. The number of thiophene rings is 1. The van der Waals surface area contributed by atoms with E-state index in [2.05, 4.69) is 0 Å². The molecule has 0 spiro atoms. The van der Waals surface area contributed by atoms with Gasteiger partial charge in [-0.2, -0.15) is 11.3 Å². The van der Waals surface area contributed by atoms with Crippen molar-refractivity contribution in [3.8, 4) is 0 Å². The van der Waals surface area contributed by atoms with E-state index in [9.17, 15) is 14.9 Å². The second-order valence-corrected chi connectivity index (χ2v) is 5.03. The molecule has 0 aliphatic heterocycles. The number of carboxylic acids is 1. The van der Waals surface area contributed by atoms with Gasteiger partial charge in [0.05, 0.1) is 4.92 Å². The lowest BCUT2D eigenvalue weighted by molar-refractivity contribution is -0.385. The van der Waals surface area contributed by atoms with Gasteiger partial charge >= 0.3 is 5.97 Å². The van der Waals surface area contributed by atoms with E-state index >= 15 is 0 Å². The first-order valence-electron chi connectivity index (χ1n) is 5.73. The summed E-state index contributed by atoms with van der Waals surface area (Å²) in [4.78, 5) is 23.0. The van der Waals surface area contributed by atoms with Crippen LogP contribution in [0.25, 0.3) is 0 Å². The Bertz CT molecular complexity index is 640. The summed E-state index contributed by atoms with van der Waals surface area (Å²) in [6.45, 7) is 0.604. The van der Waals surface area contributed by atoms with Crippen molar-refractivity contribution in [2.45, 2.75) is 6.54 Å². The summed E-state index contributed by atoms with van der Waals surface area (Å²) in [7, 11) is 1.80. The first kappa shape index (κ1) is 14.0. The molecule has 1 aromatic heterocycles. The second kappa shape index (κ2) is 5.70. The molecule has 0 atom stereocenters. The lowest BCUT2D eigenvalue weighted by Gasteiger charge is -2.18. The summed E-state index contributed by atoms with van der Waals surface area (Å²) < 4.78 is 0. The third kappa shape index (κ3) is 2.94. The number of hydrogen-bond acceptors (Lipinski definition) is 5. The van der Waals surface area contributed by atoms with E-state index in [1.54, 1.807) is 24.5 Å². The summed E-state index contributed by atoms with van der Waals surface area (Å²) in [6.07, 6.45) is 0. The SMILES string of the molecule is CN(Cc1ccsc1)c1ccc(C(=O)O)c([N+](=O)[O-])c1. The minimum atomic E-state index is -1.30. The smallest absolute Gasteiger partial charge is 0.342 e. The molecule has 1 aromatic carbocycles. The summed E-state index contributed by atoms with van der Waals surface area (Å²) in [5.74, 6) is -1.30. The third-order valence-electron chi connectivity index (χ3n) is 2.85. The standard InChI is InChI=1S/C13H12N2O4S/c1-14(7-9-4-5-20-8-9)10-2-3-11(13(16)17)12(6-10)15(18)19/h2-6,8H,7H2,1H3,(H,16,17). The maximum Gasteiger partial charge on any atom is 0.342 e. The number of rotatable bonds is 5. The molecule has 0 saturated carbocycles. The highest BCUT2D eigenvalue weighted by Crippen LogP contribution is 2.26. The van der Waals surface area contributed by atoms with Crippen LogP contribution >= 0.6 is 11.3 Å². The molecular weight excluding hydrogens is 280 g/mol. The quantitative estimate of drug-likeness (QED) is 0.676. The molecule has 0 aliphatic carbocycles. The molecule has 2 rings (SSSR count). The molecule has 20 heavy (non-hydrogen) atoms. The average molecular weight is 292 g/mol. The average Bonchev–Trinajstić information content (AvgIpc) is 2.90. The molecule has 0 aliphatic rings. The number of aromatic carboxylic acids is 1. The van der Waals surface area contributed by atoms with Gasteiger partial charge in [0.1, 0.15) is 5.56 Å². The van der Waals surface area contributed by atoms with Crippen LogP contribution in [0.4, 0.5) is 11.4 Å². The van der Waals surface area contributed by atoms with Crippen LogP contribution < -0.4 is 4.90 Å². The maximum atomic E-state index is 10.9. The van der Waals surface area contributed by atoms with Crippen molar-refractivity contribution < 1.29 is 14.8 Å². The first-order chi connectivity index (χ1) is 9.49. The van der Waals surface area contributed by atoms with Crippen LogP contribution in [0.1, 0.15) is 15.9 Å². The van der Waals surface area contributed by atoms with E-state index < -0.39 is 16.6 Å². The number of nitro benzene ring substituents is 1. The number of nitro groups is 1. The van der Waals surface area contributed by atoms with Gasteiger partial charge in [-0.25, -0.2) is 4.79 Å². The molecule has 0 fully saturated rings. The Kier molecular flexibility index (Phi) is 3.99. The van der Waals surface area contributed by atoms with E-state index in [0.717, 1.165) is 5.56 Å². The predicted octanol–water partition coefficient (Wildman–Crippen LogP) is 2.99. The van der Waals surface area contributed by atoms with Crippen LogP contribution in [0.3, 0.4) is 0 Å². The molecule has 0 unspecified atom stereocenters. The summed E-state index contributed by atoms with van der Waals surface area (Å²) >= 11 is 1.58. The number of anilines is 1.